The second-order valence-electron chi connectivity index (χ2n) is 5.09. The summed E-state index contributed by atoms with van der Waals surface area (Å²) < 4.78 is 0. The molecule has 1 aromatic carbocycles. The van der Waals surface area contributed by atoms with Crippen LogP contribution in [0.25, 0.3) is 0 Å². The first-order valence-electron chi connectivity index (χ1n) is 6.46. The Morgan fingerprint density at radius 2 is 2.21 bits per heavy atom. The normalized spacial score (nSPS) is 19.3. The number of benzene rings is 1. The van der Waals surface area contributed by atoms with E-state index in [1.807, 2.05) is 23.9 Å². The number of amides is 1. The quantitative estimate of drug-likeness (QED) is 0.840. The van der Waals surface area contributed by atoms with Crippen molar-refractivity contribution >= 4 is 29.0 Å². The third kappa shape index (κ3) is 2.97. The Labute approximate surface area is 118 Å². The molecule has 0 radical (unpaired) electrons. The highest BCUT2D eigenvalue weighted by molar-refractivity contribution is 7.99. The molecule has 2 N–H and O–H groups in total. The smallest absolute Gasteiger partial charge is 0.253 e. The van der Waals surface area contributed by atoms with Crippen LogP contribution in [0.1, 0.15) is 17.3 Å². The Morgan fingerprint density at radius 3 is 2.79 bits per heavy atom. The van der Waals surface area contributed by atoms with E-state index in [1.54, 1.807) is 25.1 Å². The summed E-state index contributed by atoms with van der Waals surface area (Å²) in [4.78, 5) is 15.8. The predicted molar refractivity (Wildman–Crippen MR) is 83.0 cm³/mol. The molecule has 104 valence electrons. The highest BCUT2D eigenvalue weighted by Crippen LogP contribution is 2.29. The van der Waals surface area contributed by atoms with Crippen LogP contribution in [0, 0.1) is 0 Å². The van der Waals surface area contributed by atoms with Gasteiger partial charge in [-0.1, -0.05) is 0 Å². The minimum atomic E-state index is -0.0134. The fourth-order valence-electron chi connectivity index (χ4n) is 2.29. The summed E-state index contributed by atoms with van der Waals surface area (Å²) >= 11 is 1.98. The Hall–Kier alpha value is -1.36. The van der Waals surface area contributed by atoms with Gasteiger partial charge >= 0.3 is 0 Å². The molecule has 1 amide bonds. The average Bonchev–Trinajstić information content (AvgIpc) is 2.38. The molecular weight excluding hydrogens is 258 g/mol. The lowest BCUT2D eigenvalue weighted by Gasteiger charge is -2.35. The minimum absolute atomic E-state index is 0.0134. The molecule has 1 heterocycles. The summed E-state index contributed by atoms with van der Waals surface area (Å²) in [5.74, 6) is 2.24. The van der Waals surface area contributed by atoms with E-state index in [9.17, 15) is 4.79 Å². The van der Waals surface area contributed by atoms with Crippen molar-refractivity contribution in [2.45, 2.75) is 13.0 Å². The maximum atomic E-state index is 11.9. The van der Waals surface area contributed by atoms with Crippen LogP contribution in [0.15, 0.2) is 18.2 Å². The first-order chi connectivity index (χ1) is 9.00. The number of hydrogen-bond acceptors (Lipinski definition) is 4. The van der Waals surface area contributed by atoms with E-state index in [0.717, 1.165) is 23.7 Å². The lowest BCUT2D eigenvalue weighted by molar-refractivity contribution is 0.0827. The highest BCUT2D eigenvalue weighted by atomic mass is 32.2. The number of rotatable bonds is 2. The zero-order chi connectivity index (χ0) is 14.0. The molecular formula is C14H21N3OS. The molecule has 0 aromatic heterocycles. The van der Waals surface area contributed by atoms with Crippen LogP contribution in [-0.2, 0) is 0 Å². The standard InChI is InChI=1S/C14H21N3OS/c1-10-9-19-7-6-17(10)13-5-4-11(8-12(13)15)14(18)16(2)3/h4-5,8,10H,6-7,9,15H2,1-3H3. The van der Waals surface area contributed by atoms with Crippen molar-refractivity contribution < 1.29 is 4.79 Å². The average molecular weight is 279 g/mol. The Morgan fingerprint density at radius 1 is 1.47 bits per heavy atom. The van der Waals surface area contributed by atoms with Gasteiger partial charge in [-0.25, -0.2) is 0 Å². The van der Waals surface area contributed by atoms with Crippen molar-refractivity contribution in [2.75, 3.05) is 42.8 Å². The van der Waals surface area contributed by atoms with Gasteiger partial charge in [-0.15, -0.1) is 0 Å². The van der Waals surface area contributed by atoms with Crippen LogP contribution >= 0.6 is 11.8 Å². The summed E-state index contributed by atoms with van der Waals surface area (Å²) in [5, 5.41) is 0. The first kappa shape index (κ1) is 14.1. The number of carbonyl (C=O) groups excluding carboxylic acids is 1. The van der Waals surface area contributed by atoms with E-state index in [1.165, 1.54) is 0 Å². The fourth-order valence-corrected chi connectivity index (χ4v) is 3.31. The van der Waals surface area contributed by atoms with Gasteiger partial charge in [0.1, 0.15) is 0 Å². The summed E-state index contributed by atoms with van der Waals surface area (Å²) in [7, 11) is 3.49. The number of carbonyl (C=O) groups is 1. The van der Waals surface area contributed by atoms with Crippen LogP contribution in [0.4, 0.5) is 11.4 Å². The molecule has 0 aliphatic carbocycles. The number of nitrogen functional groups attached to an aromatic ring is 1. The summed E-state index contributed by atoms with van der Waals surface area (Å²) in [6.45, 7) is 3.22. The Kier molecular flexibility index (Phi) is 4.24. The topological polar surface area (TPSA) is 49.6 Å². The van der Waals surface area contributed by atoms with Crippen LogP contribution < -0.4 is 10.6 Å². The number of anilines is 2. The zero-order valence-corrected chi connectivity index (χ0v) is 12.5. The van der Waals surface area contributed by atoms with Gasteiger partial charge in [-0.3, -0.25) is 4.79 Å². The van der Waals surface area contributed by atoms with Gasteiger partial charge in [-0.05, 0) is 25.1 Å². The fraction of sp³-hybridized carbons (Fsp3) is 0.500. The van der Waals surface area contributed by atoms with Gasteiger partial charge in [-0.2, -0.15) is 11.8 Å². The molecule has 1 aromatic rings. The number of thioether (sulfide) groups is 1. The molecule has 1 unspecified atom stereocenters. The number of hydrogen-bond donors (Lipinski definition) is 1. The molecule has 5 heteroatoms. The SMILES string of the molecule is CC1CSCCN1c1ccc(C(=O)N(C)C)cc1N. The van der Waals surface area contributed by atoms with Gasteiger partial charge in [0.15, 0.2) is 0 Å². The molecule has 0 saturated carbocycles. The van der Waals surface area contributed by atoms with Crippen molar-refractivity contribution in [3.8, 4) is 0 Å². The van der Waals surface area contributed by atoms with Crippen LogP contribution in [0.3, 0.4) is 0 Å². The monoisotopic (exact) mass is 279 g/mol. The zero-order valence-electron chi connectivity index (χ0n) is 11.7. The minimum Gasteiger partial charge on any atom is -0.397 e. The third-order valence-electron chi connectivity index (χ3n) is 3.36. The number of nitrogens with zero attached hydrogens (tertiary/aromatic N) is 2. The summed E-state index contributed by atoms with van der Waals surface area (Å²) in [5.41, 5.74) is 8.51. The molecule has 1 aliphatic heterocycles. The van der Waals surface area contributed by atoms with E-state index in [-0.39, 0.29) is 5.91 Å². The maximum absolute atomic E-state index is 11.9. The molecule has 1 atom stereocenters. The molecule has 19 heavy (non-hydrogen) atoms. The van der Waals surface area contributed by atoms with Gasteiger partial charge < -0.3 is 15.5 Å². The van der Waals surface area contributed by atoms with Crippen molar-refractivity contribution in [1.29, 1.82) is 0 Å². The van der Waals surface area contributed by atoms with Crippen molar-refractivity contribution in [3.63, 3.8) is 0 Å². The van der Waals surface area contributed by atoms with Crippen molar-refractivity contribution in [3.05, 3.63) is 23.8 Å². The molecule has 1 fully saturated rings. The largest absolute Gasteiger partial charge is 0.397 e. The molecule has 2 rings (SSSR count). The third-order valence-corrected chi connectivity index (χ3v) is 4.55. The van der Waals surface area contributed by atoms with Crippen LogP contribution in [0.2, 0.25) is 0 Å². The van der Waals surface area contributed by atoms with E-state index >= 15 is 0 Å². The van der Waals surface area contributed by atoms with Crippen molar-refractivity contribution in [1.82, 2.24) is 4.90 Å². The van der Waals surface area contributed by atoms with Gasteiger partial charge in [0.05, 0.1) is 11.4 Å². The van der Waals surface area contributed by atoms with E-state index in [2.05, 4.69) is 11.8 Å². The van der Waals surface area contributed by atoms with Gasteiger partial charge in [0, 0.05) is 43.8 Å². The molecule has 0 spiro atoms. The Bertz CT molecular complexity index is 476. The molecule has 4 nitrogen and oxygen atoms in total. The highest BCUT2D eigenvalue weighted by Gasteiger charge is 2.21. The molecule has 0 bridgehead atoms. The van der Waals surface area contributed by atoms with Gasteiger partial charge in [0.2, 0.25) is 0 Å². The number of nitrogens with two attached hydrogens (primary N) is 1. The molecule has 1 saturated heterocycles. The molecule has 1 aliphatic rings. The maximum Gasteiger partial charge on any atom is 0.253 e. The predicted octanol–water partition coefficient (Wildman–Crippen LogP) is 1.91. The second kappa shape index (κ2) is 5.74. The van der Waals surface area contributed by atoms with Crippen LogP contribution in [-0.4, -0.2) is 49.0 Å². The van der Waals surface area contributed by atoms with Crippen LogP contribution in [0.5, 0.6) is 0 Å². The van der Waals surface area contributed by atoms with Crippen molar-refractivity contribution in [2.24, 2.45) is 0 Å². The van der Waals surface area contributed by atoms with E-state index in [0.29, 0.717) is 17.3 Å². The Balaban J connectivity index is 2.26. The lowest BCUT2D eigenvalue weighted by Crippen LogP contribution is -2.40. The summed E-state index contributed by atoms with van der Waals surface area (Å²) in [6.07, 6.45) is 0. The van der Waals surface area contributed by atoms with E-state index < -0.39 is 0 Å². The summed E-state index contributed by atoms with van der Waals surface area (Å²) in [6, 6.07) is 6.10. The van der Waals surface area contributed by atoms with E-state index in [4.69, 9.17) is 5.73 Å². The first-order valence-corrected chi connectivity index (χ1v) is 7.61. The lowest BCUT2D eigenvalue weighted by atomic mass is 10.1. The van der Waals surface area contributed by atoms with Gasteiger partial charge in [0.25, 0.3) is 5.91 Å². The second-order valence-corrected chi connectivity index (χ2v) is 6.24.